The van der Waals surface area contributed by atoms with Gasteiger partial charge in [-0.2, -0.15) is 0 Å². The molecule has 21 heavy (non-hydrogen) atoms. The maximum Gasteiger partial charge on any atom is 0.237 e. The van der Waals surface area contributed by atoms with Gasteiger partial charge in [0.1, 0.15) is 23.1 Å². The van der Waals surface area contributed by atoms with Gasteiger partial charge in [-0.1, -0.05) is 0 Å². The van der Waals surface area contributed by atoms with Crippen molar-refractivity contribution in [2.24, 2.45) is 5.73 Å². The molecule has 0 aromatic heterocycles. The van der Waals surface area contributed by atoms with Gasteiger partial charge >= 0.3 is 0 Å². The number of methoxy groups -OCH3 is 1. The van der Waals surface area contributed by atoms with Gasteiger partial charge in [-0.25, -0.2) is 0 Å². The van der Waals surface area contributed by atoms with Crippen molar-refractivity contribution in [1.29, 1.82) is 0 Å². The summed E-state index contributed by atoms with van der Waals surface area (Å²) in [6.07, 6.45) is 2.12. The van der Waals surface area contributed by atoms with E-state index in [-0.39, 0.29) is 18.1 Å². The minimum atomic E-state index is -0.648. The molecule has 1 amide bonds. The van der Waals surface area contributed by atoms with Crippen LogP contribution < -0.4 is 20.5 Å². The number of nitrogens with one attached hydrogen (secondary N) is 1. The predicted octanol–water partition coefficient (Wildman–Crippen LogP) is 1.85. The summed E-state index contributed by atoms with van der Waals surface area (Å²) in [6, 6.07) is 7.67. The molecular formula is C16H24N2O3. The van der Waals surface area contributed by atoms with Crippen LogP contribution in [0.1, 0.15) is 33.1 Å². The molecule has 2 rings (SSSR count). The van der Waals surface area contributed by atoms with Crippen LogP contribution in [0, 0.1) is 0 Å². The maximum atomic E-state index is 11.8. The lowest BCUT2D eigenvalue weighted by Gasteiger charge is -2.29. The first-order valence-electron chi connectivity index (χ1n) is 7.33. The van der Waals surface area contributed by atoms with Gasteiger partial charge < -0.3 is 20.5 Å². The van der Waals surface area contributed by atoms with E-state index in [0.29, 0.717) is 12.8 Å². The smallest absolute Gasteiger partial charge is 0.237 e. The van der Waals surface area contributed by atoms with Crippen LogP contribution in [0.15, 0.2) is 24.3 Å². The van der Waals surface area contributed by atoms with Gasteiger partial charge in [0.25, 0.3) is 0 Å². The van der Waals surface area contributed by atoms with Crippen LogP contribution in [0.5, 0.6) is 11.5 Å². The van der Waals surface area contributed by atoms with Crippen LogP contribution in [-0.4, -0.2) is 30.7 Å². The molecule has 0 radical (unpaired) electrons. The number of primary amides is 1. The van der Waals surface area contributed by atoms with Crippen LogP contribution >= 0.6 is 0 Å². The molecule has 1 aliphatic carbocycles. The second-order valence-corrected chi connectivity index (χ2v) is 5.90. The second-order valence-electron chi connectivity index (χ2n) is 5.90. The topological polar surface area (TPSA) is 73.6 Å². The molecule has 0 saturated heterocycles. The Morgan fingerprint density at radius 2 is 1.95 bits per heavy atom. The standard InChI is InChI=1S/C16H24N2O3/c1-11(2)18-16(15(17)19)9-8-14(10-16)21-13-6-4-12(20-3)5-7-13/h4-7,11,14,18H,8-10H2,1-3H3,(H2,17,19). The van der Waals surface area contributed by atoms with Crippen molar-refractivity contribution in [3.8, 4) is 11.5 Å². The number of benzene rings is 1. The highest BCUT2D eigenvalue weighted by Gasteiger charge is 2.45. The Balaban J connectivity index is 2.01. The van der Waals surface area contributed by atoms with E-state index in [0.717, 1.165) is 17.9 Å². The zero-order valence-corrected chi connectivity index (χ0v) is 12.9. The lowest BCUT2D eigenvalue weighted by atomic mass is 9.95. The molecule has 2 unspecified atom stereocenters. The van der Waals surface area contributed by atoms with E-state index in [1.165, 1.54) is 0 Å². The normalized spacial score (nSPS) is 25.0. The first kappa shape index (κ1) is 15.6. The lowest BCUT2D eigenvalue weighted by molar-refractivity contribution is -0.124. The Labute approximate surface area is 125 Å². The molecule has 1 fully saturated rings. The van der Waals surface area contributed by atoms with Crippen LogP contribution in [0.4, 0.5) is 0 Å². The molecule has 1 aromatic carbocycles. The van der Waals surface area contributed by atoms with Crippen molar-refractivity contribution < 1.29 is 14.3 Å². The zero-order chi connectivity index (χ0) is 15.5. The van der Waals surface area contributed by atoms with Crippen molar-refractivity contribution in [2.45, 2.75) is 50.8 Å². The quantitative estimate of drug-likeness (QED) is 0.839. The van der Waals surface area contributed by atoms with Gasteiger partial charge in [0.2, 0.25) is 5.91 Å². The summed E-state index contributed by atoms with van der Waals surface area (Å²) in [6.45, 7) is 4.03. The van der Waals surface area contributed by atoms with Crippen molar-refractivity contribution in [2.75, 3.05) is 7.11 Å². The van der Waals surface area contributed by atoms with Crippen LogP contribution in [0.2, 0.25) is 0 Å². The van der Waals surface area contributed by atoms with E-state index in [1.54, 1.807) is 7.11 Å². The molecule has 2 atom stereocenters. The van der Waals surface area contributed by atoms with E-state index in [9.17, 15) is 4.79 Å². The van der Waals surface area contributed by atoms with E-state index in [2.05, 4.69) is 5.32 Å². The van der Waals surface area contributed by atoms with Crippen LogP contribution in [-0.2, 0) is 4.79 Å². The highest BCUT2D eigenvalue weighted by Crippen LogP contribution is 2.33. The summed E-state index contributed by atoms with van der Waals surface area (Å²) in [4.78, 5) is 11.8. The first-order valence-corrected chi connectivity index (χ1v) is 7.33. The summed E-state index contributed by atoms with van der Waals surface area (Å²) in [7, 11) is 1.63. The number of carbonyl (C=O) groups excluding carboxylic acids is 1. The summed E-state index contributed by atoms with van der Waals surface area (Å²) >= 11 is 0. The molecular weight excluding hydrogens is 268 g/mol. The summed E-state index contributed by atoms with van der Waals surface area (Å²) < 4.78 is 11.1. The fourth-order valence-corrected chi connectivity index (χ4v) is 2.93. The van der Waals surface area contributed by atoms with Gasteiger partial charge in [-0.05, 0) is 51.0 Å². The lowest BCUT2D eigenvalue weighted by Crippen LogP contribution is -2.56. The molecule has 0 aliphatic heterocycles. The molecule has 3 N–H and O–H groups in total. The molecule has 0 spiro atoms. The average molecular weight is 292 g/mol. The molecule has 0 bridgehead atoms. The van der Waals surface area contributed by atoms with E-state index in [1.807, 2.05) is 38.1 Å². The third-order valence-corrected chi connectivity index (χ3v) is 3.87. The summed E-state index contributed by atoms with van der Waals surface area (Å²) in [5.41, 5.74) is 4.95. The maximum absolute atomic E-state index is 11.8. The van der Waals surface area contributed by atoms with Crippen molar-refractivity contribution >= 4 is 5.91 Å². The Bertz CT molecular complexity index is 487. The highest BCUT2D eigenvalue weighted by molar-refractivity contribution is 5.85. The molecule has 1 aromatic rings. The van der Waals surface area contributed by atoms with Crippen molar-refractivity contribution in [3.05, 3.63) is 24.3 Å². The minimum absolute atomic E-state index is 0.00264. The second kappa shape index (κ2) is 6.35. The summed E-state index contributed by atoms with van der Waals surface area (Å²) in [5, 5.41) is 3.31. The molecule has 116 valence electrons. The largest absolute Gasteiger partial charge is 0.497 e. The molecule has 0 heterocycles. The number of amides is 1. The zero-order valence-electron chi connectivity index (χ0n) is 12.9. The van der Waals surface area contributed by atoms with Gasteiger partial charge in [0.15, 0.2) is 0 Å². The fraction of sp³-hybridized carbons (Fsp3) is 0.562. The molecule has 5 nitrogen and oxygen atoms in total. The Morgan fingerprint density at radius 1 is 1.33 bits per heavy atom. The Hall–Kier alpha value is -1.75. The third-order valence-electron chi connectivity index (χ3n) is 3.87. The highest BCUT2D eigenvalue weighted by atomic mass is 16.5. The van der Waals surface area contributed by atoms with Gasteiger partial charge in [-0.3, -0.25) is 4.79 Å². The van der Waals surface area contributed by atoms with Gasteiger partial charge in [0, 0.05) is 12.5 Å². The summed E-state index contributed by atoms with van der Waals surface area (Å²) in [5.74, 6) is 1.28. The van der Waals surface area contributed by atoms with Crippen LogP contribution in [0.25, 0.3) is 0 Å². The van der Waals surface area contributed by atoms with E-state index >= 15 is 0 Å². The number of ether oxygens (including phenoxy) is 2. The monoisotopic (exact) mass is 292 g/mol. The Morgan fingerprint density at radius 3 is 2.48 bits per heavy atom. The van der Waals surface area contributed by atoms with E-state index < -0.39 is 5.54 Å². The molecule has 1 saturated carbocycles. The van der Waals surface area contributed by atoms with Crippen molar-refractivity contribution in [1.82, 2.24) is 5.32 Å². The average Bonchev–Trinajstić information content (AvgIpc) is 2.83. The number of carbonyl (C=O) groups is 1. The number of nitrogens with two attached hydrogens (primary N) is 1. The van der Waals surface area contributed by atoms with Gasteiger partial charge in [0.05, 0.1) is 7.11 Å². The number of hydrogen-bond donors (Lipinski definition) is 2. The predicted molar refractivity (Wildman–Crippen MR) is 81.5 cm³/mol. The number of rotatable bonds is 6. The van der Waals surface area contributed by atoms with E-state index in [4.69, 9.17) is 15.2 Å². The fourth-order valence-electron chi connectivity index (χ4n) is 2.93. The van der Waals surface area contributed by atoms with Crippen LogP contribution in [0.3, 0.4) is 0 Å². The first-order chi connectivity index (χ1) is 9.95. The van der Waals surface area contributed by atoms with Crippen molar-refractivity contribution in [3.63, 3.8) is 0 Å². The molecule has 5 heteroatoms. The third kappa shape index (κ3) is 3.67. The SMILES string of the molecule is COc1ccc(OC2CCC(NC(C)C)(C(N)=O)C2)cc1. The van der Waals surface area contributed by atoms with Gasteiger partial charge in [-0.15, -0.1) is 0 Å². The Kier molecular flexibility index (Phi) is 4.73. The number of hydrogen-bond acceptors (Lipinski definition) is 4. The molecule has 1 aliphatic rings. The minimum Gasteiger partial charge on any atom is -0.497 e.